The number of hydrogen-bond acceptors (Lipinski definition) is 5. The number of ether oxygens (including phenoxy) is 1. The standard InChI is InChI=1S/C57H105NO5/c1-4-7-10-13-16-19-22-24-26-27-28-29-30-32-35-38-41-44-47-50-57(62)63-53(48-45-42-39-36-34-31-25-23-20-17-14-11-8-5-2)51-56(61)58-54(52-59)55(60)49-46-43-40-37-33-21-18-15-12-9-6-3/h16,19,24,26,31,34,36,39,53-55,59-60H,4-15,17-18,20-23,25,27-30,32-33,35,37-38,40-52H2,1-3H3,(H,58,61)/b19-16-,26-24-,34-31+,39-36+. The lowest BCUT2D eigenvalue weighted by molar-refractivity contribution is -0.151. The van der Waals surface area contributed by atoms with Gasteiger partial charge in [0.1, 0.15) is 6.10 Å². The summed E-state index contributed by atoms with van der Waals surface area (Å²) >= 11 is 0. The van der Waals surface area contributed by atoms with Crippen molar-refractivity contribution in [1.29, 1.82) is 0 Å². The molecule has 0 rings (SSSR count). The van der Waals surface area contributed by atoms with Gasteiger partial charge in [-0.25, -0.2) is 0 Å². The van der Waals surface area contributed by atoms with Crippen molar-refractivity contribution in [2.24, 2.45) is 0 Å². The molecule has 0 aromatic heterocycles. The maximum absolute atomic E-state index is 13.2. The Morgan fingerprint density at radius 3 is 1.37 bits per heavy atom. The Morgan fingerprint density at radius 2 is 0.873 bits per heavy atom. The minimum atomic E-state index is -0.799. The van der Waals surface area contributed by atoms with Crippen LogP contribution in [0.3, 0.4) is 0 Å². The molecule has 0 fully saturated rings. The smallest absolute Gasteiger partial charge is 0.306 e. The molecule has 0 bridgehead atoms. The molecular weight excluding hydrogens is 779 g/mol. The summed E-state index contributed by atoms with van der Waals surface area (Å²) in [7, 11) is 0. The van der Waals surface area contributed by atoms with Gasteiger partial charge in [0.15, 0.2) is 0 Å². The minimum absolute atomic E-state index is 0.0439. The van der Waals surface area contributed by atoms with Gasteiger partial charge in [0.2, 0.25) is 5.91 Å². The summed E-state index contributed by atoms with van der Waals surface area (Å²) in [5.41, 5.74) is 0. The number of aliphatic hydroxyl groups is 2. The quantitative estimate of drug-likeness (QED) is 0.0245. The number of rotatable bonds is 49. The third kappa shape index (κ3) is 46.2. The fourth-order valence-electron chi connectivity index (χ4n) is 8.22. The summed E-state index contributed by atoms with van der Waals surface area (Å²) in [5, 5.41) is 23.7. The fourth-order valence-corrected chi connectivity index (χ4v) is 8.22. The third-order valence-electron chi connectivity index (χ3n) is 12.4. The number of unbranched alkanes of at least 4 members (excludes halogenated alkanes) is 30. The Hall–Kier alpha value is -2.18. The van der Waals surface area contributed by atoms with E-state index in [1.807, 2.05) is 0 Å². The lowest BCUT2D eigenvalue weighted by Crippen LogP contribution is -2.46. The minimum Gasteiger partial charge on any atom is -0.462 e. The van der Waals surface area contributed by atoms with Crippen molar-refractivity contribution in [2.75, 3.05) is 6.61 Å². The molecule has 3 unspecified atom stereocenters. The van der Waals surface area contributed by atoms with E-state index in [0.717, 1.165) is 64.2 Å². The van der Waals surface area contributed by atoms with Crippen LogP contribution in [0.1, 0.15) is 278 Å². The summed E-state index contributed by atoms with van der Waals surface area (Å²) in [6.45, 7) is 6.45. The van der Waals surface area contributed by atoms with Gasteiger partial charge in [0.05, 0.1) is 25.2 Å². The number of carbonyl (C=O) groups excluding carboxylic acids is 2. The number of hydrogen-bond donors (Lipinski definition) is 3. The molecule has 0 aromatic carbocycles. The van der Waals surface area contributed by atoms with E-state index in [2.05, 4.69) is 74.7 Å². The normalized spacial score (nSPS) is 13.5. The molecule has 63 heavy (non-hydrogen) atoms. The largest absolute Gasteiger partial charge is 0.462 e. The summed E-state index contributed by atoms with van der Waals surface area (Å²) in [4.78, 5) is 26.2. The van der Waals surface area contributed by atoms with E-state index in [9.17, 15) is 19.8 Å². The molecule has 0 aromatic rings. The molecule has 0 aliphatic rings. The van der Waals surface area contributed by atoms with Gasteiger partial charge in [-0.1, -0.05) is 236 Å². The first-order chi connectivity index (χ1) is 31.0. The van der Waals surface area contributed by atoms with E-state index in [0.29, 0.717) is 19.3 Å². The lowest BCUT2D eigenvalue weighted by Gasteiger charge is -2.24. The van der Waals surface area contributed by atoms with E-state index in [-0.39, 0.29) is 24.9 Å². The molecule has 6 heteroatoms. The zero-order valence-electron chi connectivity index (χ0n) is 42.0. The van der Waals surface area contributed by atoms with Gasteiger partial charge in [0, 0.05) is 6.42 Å². The highest BCUT2D eigenvalue weighted by atomic mass is 16.5. The maximum Gasteiger partial charge on any atom is 0.306 e. The van der Waals surface area contributed by atoms with Gasteiger partial charge in [-0.05, 0) is 77.0 Å². The predicted molar refractivity (Wildman–Crippen MR) is 273 cm³/mol. The van der Waals surface area contributed by atoms with Gasteiger partial charge in [-0.3, -0.25) is 9.59 Å². The Kier molecular flexibility index (Phi) is 49.1. The van der Waals surface area contributed by atoms with Crippen molar-refractivity contribution in [3.05, 3.63) is 48.6 Å². The van der Waals surface area contributed by atoms with Crippen molar-refractivity contribution in [3.8, 4) is 0 Å². The second-order valence-electron chi connectivity index (χ2n) is 18.7. The van der Waals surface area contributed by atoms with Crippen molar-refractivity contribution in [3.63, 3.8) is 0 Å². The van der Waals surface area contributed by atoms with Crippen molar-refractivity contribution < 1.29 is 24.5 Å². The molecule has 368 valence electrons. The van der Waals surface area contributed by atoms with Crippen LogP contribution in [0.25, 0.3) is 0 Å². The van der Waals surface area contributed by atoms with Crippen molar-refractivity contribution >= 4 is 11.9 Å². The van der Waals surface area contributed by atoms with Gasteiger partial charge in [-0.2, -0.15) is 0 Å². The Balaban J connectivity index is 4.59. The van der Waals surface area contributed by atoms with Crippen molar-refractivity contribution in [2.45, 2.75) is 296 Å². The average Bonchev–Trinajstić information content (AvgIpc) is 3.28. The van der Waals surface area contributed by atoms with Crippen LogP contribution in [0, 0.1) is 0 Å². The summed E-state index contributed by atoms with van der Waals surface area (Å²) in [5.74, 6) is -0.519. The topological polar surface area (TPSA) is 95.9 Å². The summed E-state index contributed by atoms with van der Waals surface area (Å²) in [6.07, 6.45) is 61.8. The van der Waals surface area contributed by atoms with Gasteiger partial charge >= 0.3 is 5.97 Å². The van der Waals surface area contributed by atoms with E-state index < -0.39 is 18.2 Å². The number of allylic oxidation sites excluding steroid dienone is 8. The fraction of sp³-hybridized carbons (Fsp3) is 0.825. The maximum atomic E-state index is 13.2. The second-order valence-corrected chi connectivity index (χ2v) is 18.7. The zero-order valence-corrected chi connectivity index (χ0v) is 42.0. The van der Waals surface area contributed by atoms with E-state index >= 15 is 0 Å². The van der Waals surface area contributed by atoms with Crippen molar-refractivity contribution in [1.82, 2.24) is 5.32 Å². The predicted octanol–water partition coefficient (Wildman–Crippen LogP) is 16.6. The summed E-state index contributed by atoms with van der Waals surface area (Å²) in [6, 6.07) is -0.715. The second kappa shape index (κ2) is 50.8. The SMILES string of the molecule is CCCCC/C=C\C/C=C\CCCCCCCCCCCC(=O)OC(CCC/C=C/C=C/CCCCCCCCC)CC(=O)NC(CO)C(O)CCCCCCCCCCCCC. The summed E-state index contributed by atoms with van der Waals surface area (Å²) < 4.78 is 5.92. The first-order valence-corrected chi connectivity index (χ1v) is 27.4. The molecule has 0 aliphatic heterocycles. The van der Waals surface area contributed by atoms with E-state index in [4.69, 9.17) is 4.74 Å². The van der Waals surface area contributed by atoms with Crippen LogP contribution < -0.4 is 5.32 Å². The molecule has 3 atom stereocenters. The molecule has 6 nitrogen and oxygen atoms in total. The average molecular weight is 884 g/mol. The first kappa shape index (κ1) is 60.8. The highest BCUT2D eigenvalue weighted by Gasteiger charge is 2.24. The number of nitrogens with one attached hydrogen (secondary N) is 1. The molecule has 0 saturated carbocycles. The molecule has 0 radical (unpaired) electrons. The number of esters is 1. The van der Waals surface area contributed by atoms with Crippen LogP contribution >= 0.6 is 0 Å². The number of aliphatic hydroxyl groups excluding tert-OH is 2. The molecule has 0 heterocycles. The Bertz CT molecular complexity index is 1080. The lowest BCUT2D eigenvalue weighted by atomic mass is 10.0. The van der Waals surface area contributed by atoms with Crippen LogP contribution in [0.2, 0.25) is 0 Å². The van der Waals surface area contributed by atoms with Crippen LogP contribution in [0.4, 0.5) is 0 Å². The first-order valence-electron chi connectivity index (χ1n) is 27.4. The van der Waals surface area contributed by atoms with Crippen LogP contribution in [0.15, 0.2) is 48.6 Å². The van der Waals surface area contributed by atoms with Gasteiger partial charge < -0.3 is 20.3 Å². The van der Waals surface area contributed by atoms with Crippen LogP contribution in [-0.4, -0.2) is 46.9 Å². The van der Waals surface area contributed by atoms with E-state index in [1.54, 1.807) is 0 Å². The third-order valence-corrected chi connectivity index (χ3v) is 12.4. The highest BCUT2D eigenvalue weighted by molar-refractivity contribution is 5.77. The molecule has 0 spiro atoms. The molecule has 1 amide bonds. The number of amides is 1. The van der Waals surface area contributed by atoms with Crippen LogP contribution in [-0.2, 0) is 14.3 Å². The highest BCUT2D eigenvalue weighted by Crippen LogP contribution is 2.17. The molecule has 0 aliphatic carbocycles. The van der Waals surface area contributed by atoms with E-state index in [1.165, 1.54) is 167 Å². The van der Waals surface area contributed by atoms with Gasteiger partial charge in [0.25, 0.3) is 0 Å². The number of carbonyl (C=O) groups is 2. The molecular formula is C57H105NO5. The Labute approximate surface area is 391 Å². The molecule has 3 N–H and O–H groups in total. The van der Waals surface area contributed by atoms with Gasteiger partial charge in [-0.15, -0.1) is 0 Å². The molecule has 0 saturated heterocycles. The Morgan fingerprint density at radius 1 is 0.476 bits per heavy atom. The zero-order chi connectivity index (χ0) is 45.9. The monoisotopic (exact) mass is 884 g/mol. The van der Waals surface area contributed by atoms with Crippen LogP contribution in [0.5, 0.6) is 0 Å².